The van der Waals surface area contributed by atoms with Crippen LogP contribution in [-0.4, -0.2) is 9.78 Å². The van der Waals surface area contributed by atoms with Crippen LogP contribution in [0.2, 0.25) is 0 Å². The second-order valence-electron chi connectivity index (χ2n) is 8.85. The van der Waals surface area contributed by atoms with Gasteiger partial charge in [-0.05, 0) is 68.0 Å². The van der Waals surface area contributed by atoms with E-state index in [0.717, 1.165) is 42.2 Å². The van der Waals surface area contributed by atoms with Crippen molar-refractivity contribution in [3.8, 4) is 0 Å². The molecule has 3 nitrogen and oxygen atoms in total. The van der Waals surface area contributed by atoms with Gasteiger partial charge in [-0.25, -0.2) is 0 Å². The van der Waals surface area contributed by atoms with Crippen molar-refractivity contribution in [3.63, 3.8) is 0 Å². The van der Waals surface area contributed by atoms with Crippen LogP contribution in [0.3, 0.4) is 0 Å². The summed E-state index contributed by atoms with van der Waals surface area (Å²) in [6, 6.07) is 27.3. The molecule has 0 aliphatic rings. The Kier molecular flexibility index (Phi) is 9.25. The van der Waals surface area contributed by atoms with Gasteiger partial charge >= 0.3 is 0 Å². The van der Waals surface area contributed by atoms with Crippen LogP contribution in [0.5, 0.6) is 0 Å². The Hall–Kier alpha value is -3.85. The largest absolute Gasteiger partial charge is 0.354 e. The van der Waals surface area contributed by atoms with Gasteiger partial charge in [0.05, 0.1) is 12.2 Å². The van der Waals surface area contributed by atoms with Gasteiger partial charge in [-0.3, -0.25) is 4.68 Å². The van der Waals surface area contributed by atoms with E-state index in [0.29, 0.717) is 0 Å². The van der Waals surface area contributed by atoms with E-state index < -0.39 is 0 Å². The van der Waals surface area contributed by atoms with Crippen LogP contribution >= 0.6 is 0 Å². The molecule has 4 aromatic rings. The number of allylic oxidation sites excluding steroid dienone is 1. The van der Waals surface area contributed by atoms with Crippen molar-refractivity contribution in [1.82, 2.24) is 9.78 Å². The molecule has 0 aliphatic carbocycles. The minimum atomic E-state index is 0.776. The number of nitrogens with one attached hydrogen (secondary N) is 1. The van der Waals surface area contributed by atoms with Crippen LogP contribution in [-0.2, 0) is 19.4 Å². The molecule has 0 aliphatic heterocycles. The van der Waals surface area contributed by atoms with E-state index in [1.165, 1.54) is 27.8 Å². The maximum atomic E-state index is 4.78. The van der Waals surface area contributed by atoms with Crippen molar-refractivity contribution in [2.75, 3.05) is 5.32 Å². The molecule has 3 heteroatoms. The van der Waals surface area contributed by atoms with E-state index in [4.69, 9.17) is 5.10 Å². The molecule has 0 saturated carbocycles. The number of para-hydroxylation sites is 1. The van der Waals surface area contributed by atoms with Crippen LogP contribution in [0, 0.1) is 20.8 Å². The molecule has 0 fully saturated rings. The van der Waals surface area contributed by atoms with Crippen molar-refractivity contribution in [1.29, 1.82) is 0 Å². The van der Waals surface area contributed by atoms with Gasteiger partial charge in [-0.1, -0.05) is 91.9 Å². The summed E-state index contributed by atoms with van der Waals surface area (Å²) < 4.78 is 2.05. The average molecular weight is 464 g/mol. The SMILES string of the molecule is C=C(Nc1ccccc1CC)c1cc(C)n(Cc2cc(C)ccc2C)n1.C=CCc1ccccc1. The Morgan fingerprint density at radius 2 is 1.63 bits per heavy atom. The maximum Gasteiger partial charge on any atom is 0.108 e. The van der Waals surface area contributed by atoms with Crippen molar-refractivity contribution in [2.45, 2.75) is 47.1 Å². The highest BCUT2D eigenvalue weighted by Crippen LogP contribution is 2.22. The molecule has 4 rings (SSSR count). The predicted molar refractivity (Wildman–Crippen MR) is 151 cm³/mol. The first kappa shape index (κ1) is 25.8. The zero-order chi connectivity index (χ0) is 25.2. The van der Waals surface area contributed by atoms with Gasteiger partial charge in [-0.2, -0.15) is 5.10 Å². The van der Waals surface area contributed by atoms with Gasteiger partial charge in [0.1, 0.15) is 5.69 Å². The van der Waals surface area contributed by atoms with Gasteiger partial charge in [0.25, 0.3) is 0 Å². The van der Waals surface area contributed by atoms with E-state index in [9.17, 15) is 0 Å². The third-order valence-electron chi connectivity index (χ3n) is 6.02. The van der Waals surface area contributed by atoms with Gasteiger partial charge in [0.2, 0.25) is 0 Å². The molecule has 1 N–H and O–H groups in total. The second-order valence-corrected chi connectivity index (χ2v) is 8.85. The minimum absolute atomic E-state index is 0.776. The third-order valence-corrected chi connectivity index (χ3v) is 6.02. The quantitative estimate of drug-likeness (QED) is 0.269. The Balaban J connectivity index is 0.000000320. The maximum absolute atomic E-state index is 4.78. The predicted octanol–water partition coefficient (Wildman–Crippen LogP) is 7.92. The molecular formula is C32H37N3. The topological polar surface area (TPSA) is 29.9 Å². The lowest BCUT2D eigenvalue weighted by atomic mass is 10.1. The minimum Gasteiger partial charge on any atom is -0.354 e. The van der Waals surface area contributed by atoms with Crippen LogP contribution in [0.1, 0.15) is 46.1 Å². The molecule has 0 unspecified atom stereocenters. The summed E-state index contributed by atoms with van der Waals surface area (Å²) in [6.07, 6.45) is 3.87. The van der Waals surface area contributed by atoms with E-state index >= 15 is 0 Å². The molecule has 0 amide bonds. The van der Waals surface area contributed by atoms with Crippen LogP contribution in [0.15, 0.2) is 98.1 Å². The Bertz CT molecular complexity index is 1270. The van der Waals surface area contributed by atoms with E-state index in [1.807, 2.05) is 30.3 Å². The number of hydrogen-bond donors (Lipinski definition) is 1. The highest BCUT2D eigenvalue weighted by Gasteiger charge is 2.10. The lowest BCUT2D eigenvalue weighted by Crippen LogP contribution is -2.07. The molecule has 0 bridgehead atoms. The van der Waals surface area contributed by atoms with Crippen LogP contribution in [0.4, 0.5) is 5.69 Å². The first-order valence-electron chi connectivity index (χ1n) is 12.2. The molecule has 180 valence electrons. The molecule has 35 heavy (non-hydrogen) atoms. The molecule has 0 radical (unpaired) electrons. The molecular weight excluding hydrogens is 426 g/mol. The summed E-state index contributed by atoms with van der Waals surface area (Å²) in [5.74, 6) is 0. The monoisotopic (exact) mass is 463 g/mol. The third kappa shape index (κ3) is 7.31. The first-order valence-corrected chi connectivity index (χ1v) is 12.2. The zero-order valence-corrected chi connectivity index (χ0v) is 21.5. The standard InChI is InChI=1S/C23H27N3.C9H10/c1-6-20-9-7-8-10-22(20)24-19(5)23-14-18(4)26(25-23)15-21-13-16(2)11-12-17(21)3;1-2-6-9-7-4-3-5-8-9/h7-14,24H,5-6,15H2,1-4H3;2-5,7-8H,1,6H2. The normalized spacial score (nSPS) is 10.3. The van der Waals surface area contributed by atoms with Crippen LogP contribution in [0.25, 0.3) is 5.70 Å². The first-order chi connectivity index (χ1) is 16.9. The summed E-state index contributed by atoms with van der Waals surface area (Å²) in [6.45, 7) is 17.2. The highest BCUT2D eigenvalue weighted by atomic mass is 15.3. The van der Waals surface area contributed by atoms with Gasteiger partial charge in [0.15, 0.2) is 0 Å². The Morgan fingerprint density at radius 3 is 2.34 bits per heavy atom. The number of rotatable bonds is 8. The van der Waals surface area contributed by atoms with Crippen molar-refractivity contribution < 1.29 is 0 Å². The van der Waals surface area contributed by atoms with E-state index in [-0.39, 0.29) is 0 Å². The van der Waals surface area contributed by atoms with Gasteiger partial charge in [-0.15, -0.1) is 6.58 Å². The van der Waals surface area contributed by atoms with Crippen molar-refractivity contribution >= 4 is 11.4 Å². The fourth-order valence-electron chi connectivity index (χ4n) is 3.91. The van der Waals surface area contributed by atoms with Crippen molar-refractivity contribution in [2.24, 2.45) is 0 Å². The number of anilines is 1. The van der Waals surface area contributed by atoms with Crippen molar-refractivity contribution in [3.05, 3.63) is 137 Å². The smallest absolute Gasteiger partial charge is 0.108 e. The number of aromatic nitrogens is 2. The van der Waals surface area contributed by atoms with E-state index in [1.54, 1.807) is 0 Å². The summed E-state index contributed by atoms with van der Waals surface area (Å²) in [5, 5.41) is 8.21. The summed E-state index contributed by atoms with van der Waals surface area (Å²) >= 11 is 0. The lowest BCUT2D eigenvalue weighted by molar-refractivity contribution is 0.660. The summed E-state index contributed by atoms with van der Waals surface area (Å²) in [7, 11) is 0. The number of nitrogens with zero attached hydrogens (tertiary/aromatic N) is 2. The number of hydrogen-bond acceptors (Lipinski definition) is 2. The molecule has 0 saturated heterocycles. The Labute approximate surface area is 210 Å². The van der Waals surface area contributed by atoms with Crippen LogP contribution < -0.4 is 5.32 Å². The fourth-order valence-corrected chi connectivity index (χ4v) is 3.91. The molecule has 0 atom stereocenters. The Morgan fingerprint density at radius 1 is 0.914 bits per heavy atom. The summed E-state index contributed by atoms with van der Waals surface area (Å²) in [5.41, 5.74) is 10.4. The molecule has 0 spiro atoms. The molecule has 3 aromatic carbocycles. The fraction of sp³-hybridized carbons (Fsp3) is 0.219. The average Bonchev–Trinajstić information content (AvgIpc) is 3.23. The number of aryl methyl sites for hydroxylation is 4. The van der Waals surface area contributed by atoms with E-state index in [2.05, 4.69) is 105 Å². The second kappa shape index (κ2) is 12.6. The van der Waals surface area contributed by atoms with Gasteiger partial charge in [0, 0.05) is 11.4 Å². The molecule has 1 heterocycles. The van der Waals surface area contributed by atoms with Gasteiger partial charge < -0.3 is 5.32 Å². The lowest BCUT2D eigenvalue weighted by Gasteiger charge is -2.12. The zero-order valence-electron chi connectivity index (χ0n) is 21.5. The number of benzene rings is 3. The molecule has 1 aromatic heterocycles. The highest BCUT2D eigenvalue weighted by molar-refractivity contribution is 5.75. The summed E-state index contributed by atoms with van der Waals surface area (Å²) in [4.78, 5) is 0.